The third-order valence-corrected chi connectivity index (χ3v) is 4.59. The van der Waals surface area contributed by atoms with Gasteiger partial charge in [0, 0.05) is 16.9 Å². The Kier molecular flexibility index (Phi) is 5.49. The first-order chi connectivity index (χ1) is 7.92. The van der Waals surface area contributed by atoms with Crippen LogP contribution in [0.15, 0.2) is 29.2 Å². The molecule has 0 bridgehead atoms. The van der Waals surface area contributed by atoms with E-state index in [9.17, 15) is 13.5 Å². The first kappa shape index (κ1) is 14.5. The van der Waals surface area contributed by atoms with Gasteiger partial charge in [-0.3, -0.25) is 0 Å². The summed E-state index contributed by atoms with van der Waals surface area (Å²) in [6, 6.07) is 7.61. The minimum absolute atomic E-state index is 0.191. The molecule has 1 unspecified atom stereocenters. The van der Waals surface area contributed by atoms with Gasteiger partial charge in [0.2, 0.25) is 0 Å². The van der Waals surface area contributed by atoms with Crippen LogP contribution in [-0.4, -0.2) is 31.3 Å². The SMILES string of the molecule is CCC(O)c1ccc(SCCS(C)(=O)=O)cc1. The van der Waals surface area contributed by atoms with Gasteiger partial charge >= 0.3 is 0 Å². The van der Waals surface area contributed by atoms with Crippen molar-refractivity contribution in [1.29, 1.82) is 0 Å². The van der Waals surface area contributed by atoms with E-state index in [-0.39, 0.29) is 5.75 Å². The Morgan fingerprint density at radius 2 is 1.88 bits per heavy atom. The molecule has 0 fully saturated rings. The highest BCUT2D eigenvalue weighted by atomic mass is 32.2. The summed E-state index contributed by atoms with van der Waals surface area (Å²) in [7, 11) is -2.88. The minimum Gasteiger partial charge on any atom is -0.388 e. The highest BCUT2D eigenvalue weighted by Gasteiger charge is 2.05. The van der Waals surface area contributed by atoms with E-state index < -0.39 is 15.9 Å². The molecule has 0 saturated carbocycles. The number of sulfone groups is 1. The van der Waals surface area contributed by atoms with Crippen molar-refractivity contribution in [2.45, 2.75) is 24.3 Å². The molecule has 0 amide bonds. The average Bonchev–Trinajstić information content (AvgIpc) is 2.27. The molecule has 5 heteroatoms. The number of hydrogen-bond donors (Lipinski definition) is 1. The third kappa shape index (κ3) is 5.57. The number of aliphatic hydroxyl groups is 1. The highest BCUT2D eigenvalue weighted by molar-refractivity contribution is 8.00. The number of hydrogen-bond acceptors (Lipinski definition) is 4. The van der Waals surface area contributed by atoms with Crippen LogP contribution in [0.3, 0.4) is 0 Å². The summed E-state index contributed by atoms with van der Waals surface area (Å²) in [6.07, 6.45) is 1.53. The Morgan fingerprint density at radius 1 is 1.29 bits per heavy atom. The molecule has 0 aromatic heterocycles. The van der Waals surface area contributed by atoms with E-state index in [0.717, 1.165) is 10.5 Å². The van der Waals surface area contributed by atoms with E-state index in [1.54, 1.807) is 0 Å². The molecule has 0 saturated heterocycles. The molecule has 1 rings (SSSR count). The van der Waals surface area contributed by atoms with Gasteiger partial charge in [0.15, 0.2) is 0 Å². The Bertz CT molecular complexity index is 437. The first-order valence-corrected chi connectivity index (χ1v) is 8.55. The third-order valence-electron chi connectivity index (χ3n) is 2.37. The van der Waals surface area contributed by atoms with Gasteiger partial charge in [-0.25, -0.2) is 8.42 Å². The lowest BCUT2D eigenvalue weighted by molar-refractivity contribution is 0.173. The van der Waals surface area contributed by atoms with Crippen molar-refractivity contribution in [1.82, 2.24) is 0 Å². The predicted molar refractivity (Wildman–Crippen MR) is 72.1 cm³/mol. The largest absolute Gasteiger partial charge is 0.388 e. The van der Waals surface area contributed by atoms with Crippen LogP contribution in [0.2, 0.25) is 0 Å². The summed E-state index contributed by atoms with van der Waals surface area (Å²) in [5, 5.41) is 9.62. The zero-order valence-corrected chi connectivity index (χ0v) is 11.7. The quantitative estimate of drug-likeness (QED) is 0.809. The molecule has 0 heterocycles. The van der Waals surface area contributed by atoms with E-state index in [4.69, 9.17) is 0 Å². The predicted octanol–water partition coefficient (Wildman–Crippen LogP) is 2.27. The molecule has 0 aliphatic rings. The number of thioether (sulfide) groups is 1. The number of benzene rings is 1. The molecule has 1 aromatic rings. The highest BCUT2D eigenvalue weighted by Crippen LogP contribution is 2.22. The molecule has 1 atom stereocenters. The average molecular weight is 274 g/mol. The molecule has 17 heavy (non-hydrogen) atoms. The van der Waals surface area contributed by atoms with E-state index in [1.165, 1.54) is 18.0 Å². The fourth-order valence-corrected chi connectivity index (χ4v) is 3.44. The van der Waals surface area contributed by atoms with Gasteiger partial charge in [-0.2, -0.15) is 0 Å². The van der Waals surface area contributed by atoms with Crippen LogP contribution >= 0.6 is 11.8 Å². The van der Waals surface area contributed by atoms with Gasteiger partial charge in [-0.05, 0) is 24.1 Å². The second kappa shape index (κ2) is 6.42. The Hall–Kier alpha value is -0.520. The molecule has 0 radical (unpaired) electrons. The standard InChI is InChI=1S/C12H18O3S2/c1-3-12(13)10-4-6-11(7-5-10)16-8-9-17(2,14)15/h4-7,12-13H,3,8-9H2,1-2H3. The second-order valence-electron chi connectivity index (χ2n) is 3.97. The van der Waals surface area contributed by atoms with E-state index >= 15 is 0 Å². The number of aliphatic hydroxyl groups excluding tert-OH is 1. The van der Waals surface area contributed by atoms with Crippen LogP contribution in [0, 0.1) is 0 Å². The van der Waals surface area contributed by atoms with Gasteiger partial charge in [0.1, 0.15) is 9.84 Å². The fourth-order valence-electron chi connectivity index (χ4n) is 1.33. The number of rotatable bonds is 6. The molecule has 0 aliphatic heterocycles. The van der Waals surface area contributed by atoms with Crippen molar-refractivity contribution in [3.05, 3.63) is 29.8 Å². The molecular formula is C12H18O3S2. The van der Waals surface area contributed by atoms with E-state index in [0.29, 0.717) is 12.2 Å². The maximum atomic E-state index is 11.0. The Labute approximate surface area is 107 Å². The van der Waals surface area contributed by atoms with Crippen molar-refractivity contribution in [2.75, 3.05) is 17.8 Å². The second-order valence-corrected chi connectivity index (χ2v) is 7.40. The Morgan fingerprint density at radius 3 is 2.35 bits per heavy atom. The van der Waals surface area contributed by atoms with E-state index in [2.05, 4.69) is 0 Å². The first-order valence-electron chi connectivity index (χ1n) is 5.51. The van der Waals surface area contributed by atoms with Crippen molar-refractivity contribution in [2.24, 2.45) is 0 Å². The summed E-state index contributed by atoms with van der Waals surface area (Å²) >= 11 is 1.51. The lowest BCUT2D eigenvalue weighted by Gasteiger charge is -2.08. The molecule has 1 aromatic carbocycles. The lowest BCUT2D eigenvalue weighted by atomic mass is 10.1. The zero-order valence-electron chi connectivity index (χ0n) is 10.1. The van der Waals surface area contributed by atoms with Crippen LogP contribution < -0.4 is 0 Å². The minimum atomic E-state index is -2.88. The molecular weight excluding hydrogens is 256 g/mol. The van der Waals surface area contributed by atoms with Crippen molar-refractivity contribution in [3.8, 4) is 0 Å². The van der Waals surface area contributed by atoms with Gasteiger partial charge in [0.05, 0.1) is 11.9 Å². The summed E-state index contributed by atoms with van der Waals surface area (Å²) in [5.41, 5.74) is 0.903. The zero-order chi connectivity index (χ0) is 12.9. The van der Waals surface area contributed by atoms with Crippen LogP contribution in [0.1, 0.15) is 25.0 Å². The summed E-state index contributed by atoms with van der Waals surface area (Å²) in [5.74, 6) is 0.755. The fraction of sp³-hybridized carbons (Fsp3) is 0.500. The van der Waals surface area contributed by atoms with Crippen LogP contribution in [0.5, 0.6) is 0 Å². The maximum absolute atomic E-state index is 11.0. The van der Waals surface area contributed by atoms with Gasteiger partial charge < -0.3 is 5.11 Å². The van der Waals surface area contributed by atoms with Crippen molar-refractivity contribution >= 4 is 21.6 Å². The van der Waals surface area contributed by atoms with Crippen molar-refractivity contribution < 1.29 is 13.5 Å². The molecule has 3 nitrogen and oxygen atoms in total. The topological polar surface area (TPSA) is 54.4 Å². The van der Waals surface area contributed by atoms with E-state index in [1.807, 2.05) is 31.2 Å². The molecule has 0 aliphatic carbocycles. The molecule has 1 N–H and O–H groups in total. The van der Waals surface area contributed by atoms with Gasteiger partial charge in [-0.1, -0.05) is 19.1 Å². The lowest BCUT2D eigenvalue weighted by Crippen LogP contribution is -2.04. The monoisotopic (exact) mass is 274 g/mol. The van der Waals surface area contributed by atoms with Crippen LogP contribution in [0.4, 0.5) is 0 Å². The maximum Gasteiger partial charge on any atom is 0.148 e. The Balaban J connectivity index is 2.51. The van der Waals surface area contributed by atoms with Crippen molar-refractivity contribution in [3.63, 3.8) is 0 Å². The summed E-state index contributed by atoms with van der Waals surface area (Å²) < 4.78 is 21.9. The molecule has 96 valence electrons. The summed E-state index contributed by atoms with van der Waals surface area (Å²) in [6.45, 7) is 1.93. The smallest absolute Gasteiger partial charge is 0.148 e. The van der Waals surface area contributed by atoms with Crippen LogP contribution in [0.25, 0.3) is 0 Å². The van der Waals surface area contributed by atoms with Gasteiger partial charge in [0.25, 0.3) is 0 Å². The normalized spacial score (nSPS) is 13.6. The van der Waals surface area contributed by atoms with Crippen LogP contribution in [-0.2, 0) is 9.84 Å². The van der Waals surface area contributed by atoms with Gasteiger partial charge in [-0.15, -0.1) is 11.8 Å². The molecule has 0 spiro atoms. The summed E-state index contributed by atoms with van der Waals surface area (Å²) in [4.78, 5) is 1.03.